The van der Waals surface area contributed by atoms with Crippen LogP contribution in [0, 0.1) is 6.92 Å². The highest BCUT2D eigenvalue weighted by Gasteiger charge is 2.51. The number of halogens is 1. The zero-order chi connectivity index (χ0) is 22.5. The maximum absolute atomic E-state index is 13.3. The van der Waals surface area contributed by atoms with Gasteiger partial charge in [0, 0.05) is 22.7 Å². The van der Waals surface area contributed by atoms with Crippen molar-refractivity contribution in [2.45, 2.75) is 31.6 Å². The quantitative estimate of drug-likeness (QED) is 0.532. The van der Waals surface area contributed by atoms with Crippen molar-refractivity contribution in [2.24, 2.45) is 0 Å². The van der Waals surface area contributed by atoms with E-state index in [0.717, 1.165) is 47.3 Å². The van der Waals surface area contributed by atoms with Gasteiger partial charge in [-0.15, -0.1) is 0 Å². The van der Waals surface area contributed by atoms with Crippen molar-refractivity contribution in [1.29, 1.82) is 0 Å². The molecule has 1 saturated carbocycles. The lowest BCUT2D eigenvalue weighted by Gasteiger charge is -2.18. The van der Waals surface area contributed by atoms with Gasteiger partial charge in [-0.25, -0.2) is 4.79 Å². The topological polar surface area (TPSA) is 75.6 Å². The Kier molecular flexibility index (Phi) is 4.94. The number of fused-ring (bicyclic) bond motifs is 1. The van der Waals surface area contributed by atoms with Crippen LogP contribution in [0.1, 0.15) is 39.9 Å². The summed E-state index contributed by atoms with van der Waals surface area (Å²) in [5.41, 5.74) is 5.09. The van der Waals surface area contributed by atoms with Crippen LogP contribution < -0.4 is 10.1 Å². The number of ether oxygens (including phenoxy) is 1. The van der Waals surface area contributed by atoms with Gasteiger partial charge < -0.3 is 15.2 Å². The van der Waals surface area contributed by atoms with Crippen LogP contribution in [0.2, 0.25) is 5.02 Å². The van der Waals surface area contributed by atoms with E-state index in [4.69, 9.17) is 16.3 Å². The summed E-state index contributed by atoms with van der Waals surface area (Å²) in [7, 11) is 0. The van der Waals surface area contributed by atoms with Crippen LogP contribution in [0.3, 0.4) is 0 Å². The molecule has 2 N–H and O–H groups in total. The van der Waals surface area contributed by atoms with E-state index in [1.807, 2.05) is 37.3 Å². The Hall–Kier alpha value is -3.31. The van der Waals surface area contributed by atoms with E-state index in [1.54, 1.807) is 6.07 Å². The summed E-state index contributed by atoms with van der Waals surface area (Å²) >= 11 is 6.39. The minimum atomic E-state index is -1.02. The number of carbonyl (C=O) groups is 2. The molecule has 3 aromatic rings. The summed E-state index contributed by atoms with van der Waals surface area (Å²) in [6.07, 6.45) is 2.52. The summed E-state index contributed by atoms with van der Waals surface area (Å²) in [6.45, 7) is 2.65. The van der Waals surface area contributed by atoms with Crippen molar-refractivity contribution in [3.05, 3.63) is 81.9 Å². The van der Waals surface area contributed by atoms with E-state index in [-0.39, 0.29) is 11.5 Å². The largest absolute Gasteiger partial charge is 0.493 e. The van der Waals surface area contributed by atoms with Crippen molar-refractivity contribution in [2.75, 3.05) is 11.9 Å². The minimum absolute atomic E-state index is 0.0153. The first-order valence-electron chi connectivity index (χ1n) is 10.6. The van der Waals surface area contributed by atoms with Crippen LogP contribution in [0.15, 0.2) is 54.6 Å². The number of aromatic carboxylic acids is 1. The van der Waals surface area contributed by atoms with Crippen LogP contribution in [-0.4, -0.2) is 23.6 Å². The molecule has 1 fully saturated rings. The number of carbonyl (C=O) groups excluding carboxylic acids is 1. The van der Waals surface area contributed by atoms with Gasteiger partial charge in [-0.1, -0.05) is 35.9 Å². The Balaban J connectivity index is 1.42. The molecule has 1 aliphatic heterocycles. The molecule has 0 saturated heterocycles. The van der Waals surface area contributed by atoms with Crippen molar-refractivity contribution in [3.8, 4) is 16.9 Å². The van der Waals surface area contributed by atoms with Gasteiger partial charge in [0.25, 0.3) is 0 Å². The van der Waals surface area contributed by atoms with Gasteiger partial charge in [0.2, 0.25) is 5.91 Å². The molecule has 0 atom stereocenters. The highest BCUT2D eigenvalue weighted by molar-refractivity contribution is 6.33. The summed E-state index contributed by atoms with van der Waals surface area (Å²) in [6, 6.07) is 16.5. The molecule has 162 valence electrons. The van der Waals surface area contributed by atoms with Crippen LogP contribution in [-0.2, 0) is 16.6 Å². The molecule has 0 aromatic heterocycles. The summed E-state index contributed by atoms with van der Waals surface area (Å²) in [4.78, 5) is 24.5. The highest BCUT2D eigenvalue weighted by Crippen LogP contribution is 2.50. The molecular weight excluding hydrogens is 426 g/mol. The molecular formula is C26H22ClNO4. The predicted molar refractivity (Wildman–Crippen MR) is 124 cm³/mol. The van der Waals surface area contributed by atoms with Gasteiger partial charge in [0.15, 0.2) is 0 Å². The standard InChI is InChI=1S/C26H22ClNO4/c1-15-2-5-19(14-21(15)20-6-3-17(24(29)30)13-22(20)27)28-25(31)26(9-10-26)18-4-7-23-16(12-18)8-11-32-23/h2-7,12-14H,8-11H2,1H3,(H,28,31)(H,29,30). The Labute approximate surface area is 191 Å². The van der Waals surface area contributed by atoms with E-state index >= 15 is 0 Å². The fourth-order valence-electron chi connectivity index (χ4n) is 4.36. The first-order valence-corrected chi connectivity index (χ1v) is 11.0. The van der Waals surface area contributed by atoms with Crippen LogP contribution in [0.4, 0.5) is 5.69 Å². The number of amides is 1. The summed E-state index contributed by atoms with van der Waals surface area (Å²) in [5, 5.41) is 12.6. The van der Waals surface area contributed by atoms with Gasteiger partial charge >= 0.3 is 5.97 Å². The van der Waals surface area contributed by atoms with Gasteiger partial charge in [-0.3, -0.25) is 4.79 Å². The van der Waals surface area contributed by atoms with E-state index in [0.29, 0.717) is 17.3 Å². The number of rotatable bonds is 5. The maximum Gasteiger partial charge on any atom is 0.335 e. The maximum atomic E-state index is 13.3. The Morgan fingerprint density at radius 2 is 1.84 bits per heavy atom. The smallest absolute Gasteiger partial charge is 0.335 e. The minimum Gasteiger partial charge on any atom is -0.493 e. The second-order valence-corrected chi connectivity index (χ2v) is 8.89. The van der Waals surface area contributed by atoms with E-state index in [9.17, 15) is 14.7 Å². The average Bonchev–Trinajstić information content (AvgIpc) is 3.46. The fraction of sp³-hybridized carbons (Fsp3) is 0.231. The highest BCUT2D eigenvalue weighted by atomic mass is 35.5. The van der Waals surface area contributed by atoms with Crippen molar-refractivity contribution in [3.63, 3.8) is 0 Å². The molecule has 1 heterocycles. The predicted octanol–water partition coefficient (Wildman–Crippen LogP) is 5.62. The normalized spacial score (nSPS) is 15.6. The lowest BCUT2D eigenvalue weighted by molar-refractivity contribution is -0.118. The Morgan fingerprint density at radius 1 is 1.03 bits per heavy atom. The zero-order valence-electron chi connectivity index (χ0n) is 17.6. The number of hydrogen-bond donors (Lipinski definition) is 2. The van der Waals surface area contributed by atoms with Crippen LogP contribution >= 0.6 is 11.6 Å². The lowest BCUT2D eigenvalue weighted by Crippen LogP contribution is -2.27. The Bertz CT molecular complexity index is 1260. The molecule has 1 amide bonds. The molecule has 5 rings (SSSR count). The van der Waals surface area contributed by atoms with Crippen molar-refractivity contribution < 1.29 is 19.4 Å². The van der Waals surface area contributed by atoms with Crippen molar-refractivity contribution >= 4 is 29.2 Å². The fourth-order valence-corrected chi connectivity index (χ4v) is 4.65. The third kappa shape index (κ3) is 3.53. The number of hydrogen-bond acceptors (Lipinski definition) is 3. The lowest BCUT2D eigenvalue weighted by atomic mass is 9.92. The SMILES string of the molecule is Cc1ccc(NC(=O)C2(c3ccc4c(c3)CCO4)CC2)cc1-c1ccc(C(=O)O)cc1Cl. The summed E-state index contributed by atoms with van der Waals surface area (Å²) < 4.78 is 5.60. The third-order valence-corrected chi connectivity index (χ3v) is 6.74. The molecule has 32 heavy (non-hydrogen) atoms. The number of anilines is 1. The van der Waals surface area contributed by atoms with Gasteiger partial charge in [0.05, 0.1) is 17.6 Å². The zero-order valence-corrected chi connectivity index (χ0v) is 18.3. The third-order valence-electron chi connectivity index (χ3n) is 6.43. The van der Waals surface area contributed by atoms with E-state index < -0.39 is 11.4 Å². The van der Waals surface area contributed by atoms with E-state index in [2.05, 4.69) is 11.4 Å². The number of carboxylic acids is 1. The number of benzene rings is 3. The molecule has 5 nitrogen and oxygen atoms in total. The second-order valence-electron chi connectivity index (χ2n) is 8.49. The number of nitrogens with one attached hydrogen (secondary N) is 1. The number of aryl methyl sites for hydroxylation is 1. The monoisotopic (exact) mass is 447 g/mol. The van der Waals surface area contributed by atoms with Crippen LogP contribution in [0.25, 0.3) is 11.1 Å². The molecule has 6 heteroatoms. The molecule has 0 radical (unpaired) electrons. The van der Waals surface area contributed by atoms with E-state index in [1.165, 1.54) is 17.7 Å². The van der Waals surface area contributed by atoms with Crippen LogP contribution in [0.5, 0.6) is 5.75 Å². The summed E-state index contributed by atoms with van der Waals surface area (Å²) in [5.74, 6) is -0.124. The Morgan fingerprint density at radius 3 is 2.56 bits per heavy atom. The van der Waals surface area contributed by atoms with Gasteiger partial charge in [0.1, 0.15) is 5.75 Å². The van der Waals surface area contributed by atoms with Crippen molar-refractivity contribution in [1.82, 2.24) is 0 Å². The number of carboxylic acid groups (broad SMARTS) is 1. The second kappa shape index (κ2) is 7.68. The molecule has 2 aliphatic rings. The first kappa shape index (κ1) is 20.6. The average molecular weight is 448 g/mol. The molecule has 0 bridgehead atoms. The molecule has 0 spiro atoms. The molecule has 1 aliphatic carbocycles. The van der Waals surface area contributed by atoms with Gasteiger partial charge in [-0.05, 0) is 72.4 Å². The van der Waals surface area contributed by atoms with Gasteiger partial charge in [-0.2, -0.15) is 0 Å². The molecule has 0 unspecified atom stereocenters. The molecule has 3 aromatic carbocycles. The first-order chi connectivity index (χ1) is 15.4.